The Bertz CT molecular complexity index is 1050. The fourth-order valence-electron chi connectivity index (χ4n) is 3.06. The minimum atomic E-state index is -0.501. The second-order valence-electron chi connectivity index (χ2n) is 6.62. The molecular formula is C21H22N2O5S. The molecule has 0 amide bonds. The van der Waals surface area contributed by atoms with E-state index in [9.17, 15) is 9.90 Å². The lowest BCUT2D eigenvalue weighted by molar-refractivity contribution is -0.140. The van der Waals surface area contributed by atoms with Crippen molar-refractivity contribution in [1.29, 1.82) is 0 Å². The lowest BCUT2D eigenvalue weighted by Crippen LogP contribution is -2.11. The molecule has 29 heavy (non-hydrogen) atoms. The molecule has 1 atom stereocenters. The third-order valence-corrected chi connectivity index (χ3v) is 5.00. The number of carbonyl (C=O) groups excluding carboxylic acids is 1. The number of aromatic hydroxyl groups is 1. The molecule has 0 aliphatic rings. The van der Waals surface area contributed by atoms with Crippen LogP contribution < -0.4 is 9.47 Å². The highest BCUT2D eigenvalue weighted by Gasteiger charge is 2.26. The topological polar surface area (TPSA) is 90.8 Å². The van der Waals surface area contributed by atoms with E-state index in [0.717, 1.165) is 22.9 Å². The van der Waals surface area contributed by atoms with Gasteiger partial charge in [-0.3, -0.25) is 4.79 Å². The second-order valence-corrected chi connectivity index (χ2v) is 7.15. The number of ether oxygens (including phenoxy) is 3. The smallest absolute Gasteiger partial charge is 0.306 e. The van der Waals surface area contributed by atoms with E-state index in [1.807, 2.05) is 13.0 Å². The maximum absolute atomic E-state index is 12.2. The summed E-state index contributed by atoms with van der Waals surface area (Å²) in [4.78, 5) is 12.2. The second kappa shape index (κ2) is 8.91. The third-order valence-electron chi connectivity index (χ3n) is 4.46. The Kier molecular flexibility index (Phi) is 6.33. The molecular weight excluding hydrogens is 392 g/mol. The molecule has 152 valence electrons. The minimum absolute atomic E-state index is 0.0236. The molecule has 0 aliphatic heterocycles. The standard InChI is InChI=1S/C21H22N2O5S/c1-12(2)11-28-17-8-5-13(9-18(17)26-3)14(10-19(25)27-4)20-16(24)7-6-15-21(20)23-29-22-15/h5-9,14,24H,1,10-11H2,2-4H3/t14-/m1/s1. The van der Waals surface area contributed by atoms with E-state index < -0.39 is 11.9 Å². The Labute approximate surface area is 172 Å². The van der Waals surface area contributed by atoms with Crippen LogP contribution in [0.2, 0.25) is 0 Å². The van der Waals surface area contributed by atoms with Crippen LogP contribution in [0, 0.1) is 0 Å². The number of benzene rings is 2. The first-order chi connectivity index (χ1) is 13.9. The molecule has 0 fully saturated rings. The zero-order chi connectivity index (χ0) is 21.0. The highest BCUT2D eigenvalue weighted by molar-refractivity contribution is 7.00. The van der Waals surface area contributed by atoms with Gasteiger partial charge in [-0.1, -0.05) is 12.6 Å². The largest absolute Gasteiger partial charge is 0.508 e. The van der Waals surface area contributed by atoms with E-state index in [-0.39, 0.29) is 12.2 Å². The van der Waals surface area contributed by atoms with Gasteiger partial charge in [0.15, 0.2) is 11.5 Å². The molecule has 2 aromatic carbocycles. The molecule has 1 N–H and O–H groups in total. The number of phenolic OH excluding ortho intramolecular Hbond substituents is 1. The Balaban J connectivity index is 2.10. The molecule has 0 saturated heterocycles. The fourth-order valence-corrected chi connectivity index (χ4v) is 3.61. The van der Waals surface area contributed by atoms with Gasteiger partial charge in [-0.15, -0.1) is 0 Å². The Morgan fingerprint density at radius 1 is 1.21 bits per heavy atom. The van der Waals surface area contributed by atoms with Crippen molar-refractivity contribution in [2.24, 2.45) is 0 Å². The lowest BCUT2D eigenvalue weighted by Gasteiger charge is -2.20. The van der Waals surface area contributed by atoms with Crippen LogP contribution in [0.4, 0.5) is 0 Å². The van der Waals surface area contributed by atoms with Gasteiger partial charge in [0.25, 0.3) is 0 Å². The average molecular weight is 414 g/mol. The summed E-state index contributed by atoms with van der Waals surface area (Å²) in [6.07, 6.45) is 0.0236. The number of hydrogen-bond acceptors (Lipinski definition) is 8. The van der Waals surface area contributed by atoms with Gasteiger partial charge in [-0.2, -0.15) is 8.75 Å². The van der Waals surface area contributed by atoms with Gasteiger partial charge in [0.05, 0.1) is 32.4 Å². The van der Waals surface area contributed by atoms with E-state index in [1.54, 1.807) is 31.4 Å². The van der Waals surface area contributed by atoms with Crippen LogP contribution in [-0.4, -0.2) is 40.6 Å². The normalized spacial score (nSPS) is 11.8. The van der Waals surface area contributed by atoms with Crippen LogP contribution in [-0.2, 0) is 9.53 Å². The Morgan fingerprint density at radius 2 is 2.00 bits per heavy atom. The number of aromatic nitrogens is 2. The average Bonchev–Trinajstić information content (AvgIpc) is 3.19. The number of fused-ring (bicyclic) bond motifs is 1. The van der Waals surface area contributed by atoms with E-state index in [1.165, 1.54) is 7.11 Å². The highest BCUT2D eigenvalue weighted by atomic mass is 32.1. The number of carbonyl (C=O) groups is 1. The number of phenols is 1. The quantitative estimate of drug-likeness (QED) is 0.439. The predicted octanol–water partition coefficient (Wildman–Crippen LogP) is 4.06. The molecule has 0 bridgehead atoms. The number of rotatable bonds is 8. The summed E-state index contributed by atoms with van der Waals surface area (Å²) in [5.41, 5.74) is 3.38. The van der Waals surface area contributed by atoms with Crippen LogP contribution in [0.3, 0.4) is 0 Å². The summed E-state index contributed by atoms with van der Waals surface area (Å²) in [5, 5.41) is 10.6. The minimum Gasteiger partial charge on any atom is -0.508 e. The molecule has 0 radical (unpaired) electrons. The van der Waals surface area contributed by atoms with E-state index in [0.29, 0.717) is 34.7 Å². The number of esters is 1. The summed E-state index contributed by atoms with van der Waals surface area (Å²) in [7, 11) is 2.88. The van der Waals surface area contributed by atoms with Crippen LogP contribution in [0.5, 0.6) is 17.2 Å². The predicted molar refractivity (Wildman–Crippen MR) is 111 cm³/mol. The molecule has 0 aliphatic carbocycles. The molecule has 0 unspecified atom stereocenters. The number of hydrogen-bond donors (Lipinski definition) is 1. The maximum atomic E-state index is 12.2. The van der Waals surface area contributed by atoms with Gasteiger partial charge in [0.1, 0.15) is 23.4 Å². The van der Waals surface area contributed by atoms with E-state index >= 15 is 0 Å². The monoisotopic (exact) mass is 414 g/mol. The molecule has 1 heterocycles. The fraction of sp³-hybridized carbons (Fsp3) is 0.286. The SMILES string of the molecule is C=C(C)COc1ccc([C@@H](CC(=O)OC)c2c(O)ccc3nsnc23)cc1OC. The van der Waals surface area contributed by atoms with Gasteiger partial charge >= 0.3 is 5.97 Å². The van der Waals surface area contributed by atoms with Crippen molar-refractivity contribution in [1.82, 2.24) is 8.75 Å². The van der Waals surface area contributed by atoms with Gasteiger partial charge in [0, 0.05) is 11.5 Å². The van der Waals surface area contributed by atoms with Crippen molar-refractivity contribution in [2.75, 3.05) is 20.8 Å². The molecule has 1 aromatic heterocycles. The summed E-state index contributed by atoms with van der Waals surface area (Å²) < 4.78 is 24.6. The van der Waals surface area contributed by atoms with Crippen LogP contribution >= 0.6 is 11.7 Å². The van der Waals surface area contributed by atoms with Crippen LogP contribution in [0.1, 0.15) is 30.4 Å². The summed E-state index contributed by atoms with van der Waals surface area (Å²) in [6, 6.07) is 8.66. The van der Waals surface area contributed by atoms with Crippen molar-refractivity contribution < 1.29 is 24.1 Å². The Morgan fingerprint density at radius 3 is 2.69 bits per heavy atom. The lowest BCUT2D eigenvalue weighted by atomic mass is 9.86. The first-order valence-electron chi connectivity index (χ1n) is 8.90. The zero-order valence-electron chi connectivity index (χ0n) is 16.5. The molecule has 7 nitrogen and oxygen atoms in total. The first kappa shape index (κ1) is 20.6. The number of methoxy groups -OCH3 is 2. The summed E-state index contributed by atoms with van der Waals surface area (Å²) >= 11 is 1.05. The van der Waals surface area contributed by atoms with Gasteiger partial charge in [-0.25, -0.2) is 0 Å². The first-order valence-corrected chi connectivity index (χ1v) is 9.63. The number of nitrogens with zero attached hydrogens (tertiary/aromatic N) is 2. The Hall–Kier alpha value is -3.13. The van der Waals surface area contributed by atoms with E-state index in [2.05, 4.69) is 15.3 Å². The molecule has 0 saturated carbocycles. The zero-order valence-corrected chi connectivity index (χ0v) is 17.3. The van der Waals surface area contributed by atoms with Crippen LogP contribution in [0.15, 0.2) is 42.5 Å². The molecule has 8 heteroatoms. The van der Waals surface area contributed by atoms with Crippen molar-refractivity contribution in [3.05, 3.63) is 53.6 Å². The van der Waals surface area contributed by atoms with Crippen LogP contribution in [0.25, 0.3) is 11.0 Å². The van der Waals surface area contributed by atoms with Crippen molar-refractivity contribution in [3.63, 3.8) is 0 Å². The summed E-state index contributed by atoms with van der Waals surface area (Å²) in [5.74, 6) is 0.214. The van der Waals surface area contributed by atoms with Gasteiger partial charge in [-0.05, 0) is 42.3 Å². The van der Waals surface area contributed by atoms with Crippen molar-refractivity contribution in [2.45, 2.75) is 19.3 Å². The molecule has 0 spiro atoms. The van der Waals surface area contributed by atoms with E-state index in [4.69, 9.17) is 14.2 Å². The van der Waals surface area contributed by atoms with Crippen molar-refractivity contribution >= 4 is 28.7 Å². The summed E-state index contributed by atoms with van der Waals surface area (Å²) in [6.45, 7) is 6.07. The van der Waals surface area contributed by atoms with Gasteiger partial charge < -0.3 is 19.3 Å². The highest BCUT2D eigenvalue weighted by Crippen LogP contribution is 2.41. The maximum Gasteiger partial charge on any atom is 0.306 e. The third kappa shape index (κ3) is 4.48. The van der Waals surface area contributed by atoms with Crippen molar-refractivity contribution in [3.8, 4) is 17.2 Å². The molecule has 3 rings (SSSR count). The molecule has 3 aromatic rings. The van der Waals surface area contributed by atoms with Gasteiger partial charge in [0.2, 0.25) is 0 Å².